The van der Waals surface area contributed by atoms with Gasteiger partial charge in [-0.2, -0.15) is 0 Å². The number of amides is 1. The van der Waals surface area contributed by atoms with E-state index in [0.717, 1.165) is 31.2 Å². The third kappa shape index (κ3) is 2.56. The highest BCUT2D eigenvalue weighted by Gasteiger charge is 2.42. The molecule has 98 valence electrons. The number of carbonyl (C=O) groups excluding carboxylic acids is 1. The molecule has 3 N–H and O–H groups in total. The van der Waals surface area contributed by atoms with Crippen LogP contribution < -0.4 is 11.1 Å². The van der Waals surface area contributed by atoms with Gasteiger partial charge in [0.1, 0.15) is 0 Å². The minimum atomic E-state index is -0.274. The minimum absolute atomic E-state index is 0.121. The van der Waals surface area contributed by atoms with Gasteiger partial charge in [0.25, 0.3) is 0 Å². The number of aryl methyl sites for hydroxylation is 1. The third-order valence-electron chi connectivity index (χ3n) is 4.07. The number of hydrogen-bond donors (Lipinski definition) is 2. The zero-order chi connectivity index (χ0) is 13.0. The van der Waals surface area contributed by atoms with Crippen LogP contribution in [0.25, 0.3) is 0 Å². The molecule has 0 bridgehead atoms. The van der Waals surface area contributed by atoms with Crippen LogP contribution in [0.5, 0.6) is 0 Å². The molecule has 0 atom stereocenters. The fourth-order valence-electron chi connectivity index (χ4n) is 2.39. The predicted molar refractivity (Wildman–Crippen MR) is 73.0 cm³/mol. The van der Waals surface area contributed by atoms with E-state index < -0.39 is 0 Å². The molecule has 0 spiro atoms. The zero-order valence-corrected chi connectivity index (χ0v) is 11.0. The van der Waals surface area contributed by atoms with Crippen LogP contribution >= 0.6 is 0 Å². The molecule has 3 nitrogen and oxygen atoms in total. The summed E-state index contributed by atoms with van der Waals surface area (Å²) in [5, 5.41) is 3.01. The lowest BCUT2D eigenvalue weighted by Gasteiger charge is -2.39. The highest BCUT2D eigenvalue weighted by atomic mass is 16.2. The van der Waals surface area contributed by atoms with Gasteiger partial charge in [-0.3, -0.25) is 4.79 Å². The Morgan fingerprint density at radius 3 is 2.33 bits per heavy atom. The van der Waals surface area contributed by atoms with Gasteiger partial charge >= 0.3 is 0 Å². The Bertz CT molecular complexity index is 401. The fraction of sp³-hybridized carbons (Fsp3) is 0.533. The van der Waals surface area contributed by atoms with Gasteiger partial charge in [-0.25, -0.2) is 0 Å². The van der Waals surface area contributed by atoms with Crippen LogP contribution in [0.1, 0.15) is 37.3 Å². The van der Waals surface area contributed by atoms with E-state index in [2.05, 4.69) is 36.5 Å². The number of nitrogens with one attached hydrogen (secondary N) is 1. The average molecular weight is 246 g/mol. The molecule has 1 aliphatic rings. The molecule has 1 aromatic carbocycles. The van der Waals surface area contributed by atoms with Gasteiger partial charge in [-0.05, 0) is 30.4 Å². The molecule has 1 aromatic rings. The largest absolute Gasteiger partial charge is 0.352 e. The number of benzene rings is 1. The summed E-state index contributed by atoms with van der Waals surface area (Å²) in [6.45, 7) is 3.20. The molecular formula is C15H22N2O. The van der Waals surface area contributed by atoms with Crippen molar-refractivity contribution in [3.63, 3.8) is 0 Å². The number of nitrogens with two attached hydrogens (primary N) is 1. The molecule has 1 saturated carbocycles. The molecular weight excluding hydrogens is 224 g/mol. The summed E-state index contributed by atoms with van der Waals surface area (Å²) < 4.78 is 0. The Hall–Kier alpha value is -1.35. The summed E-state index contributed by atoms with van der Waals surface area (Å²) in [6.07, 6.45) is 4.03. The van der Waals surface area contributed by atoms with E-state index in [0.29, 0.717) is 13.1 Å². The van der Waals surface area contributed by atoms with Gasteiger partial charge < -0.3 is 11.1 Å². The Kier molecular flexibility index (Phi) is 4.02. The number of carbonyl (C=O) groups is 1. The molecule has 1 fully saturated rings. The lowest BCUT2D eigenvalue weighted by molar-refractivity contribution is -0.135. The van der Waals surface area contributed by atoms with Crippen LogP contribution in [0.4, 0.5) is 0 Å². The first-order valence-electron chi connectivity index (χ1n) is 6.76. The first-order chi connectivity index (χ1) is 8.70. The van der Waals surface area contributed by atoms with Crippen molar-refractivity contribution < 1.29 is 4.79 Å². The number of rotatable bonds is 5. The fourth-order valence-corrected chi connectivity index (χ4v) is 2.39. The summed E-state index contributed by atoms with van der Waals surface area (Å²) >= 11 is 0. The van der Waals surface area contributed by atoms with Crippen molar-refractivity contribution >= 4 is 5.91 Å². The SMILES string of the molecule is CCc1ccc(CNC(=O)C2(CN)CCC2)cc1. The zero-order valence-electron chi connectivity index (χ0n) is 11.0. The van der Waals surface area contributed by atoms with Crippen LogP contribution in [-0.4, -0.2) is 12.5 Å². The lowest BCUT2D eigenvalue weighted by atomic mass is 9.68. The molecule has 0 saturated heterocycles. The topological polar surface area (TPSA) is 55.1 Å². The van der Waals surface area contributed by atoms with Crippen LogP contribution in [0.15, 0.2) is 24.3 Å². The molecule has 18 heavy (non-hydrogen) atoms. The standard InChI is InChI=1S/C15H22N2O/c1-2-12-4-6-13(7-5-12)10-17-14(18)15(11-16)8-3-9-15/h4-7H,2-3,8-11,16H2,1H3,(H,17,18). The maximum absolute atomic E-state index is 12.1. The van der Waals surface area contributed by atoms with Gasteiger partial charge in [0.15, 0.2) is 0 Å². The quantitative estimate of drug-likeness (QED) is 0.835. The summed E-state index contributed by atoms with van der Waals surface area (Å²) in [6, 6.07) is 8.39. The van der Waals surface area contributed by atoms with Crippen LogP contribution in [0.3, 0.4) is 0 Å². The van der Waals surface area contributed by atoms with Gasteiger partial charge in [-0.15, -0.1) is 0 Å². The van der Waals surface area contributed by atoms with Gasteiger partial charge in [-0.1, -0.05) is 37.6 Å². The number of hydrogen-bond acceptors (Lipinski definition) is 2. The molecule has 0 aliphatic heterocycles. The molecule has 1 amide bonds. The van der Waals surface area contributed by atoms with E-state index >= 15 is 0 Å². The van der Waals surface area contributed by atoms with Crippen molar-refractivity contribution in [1.82, 2.24) is 5.32 Å². The molecule has 0 aromatic heterocycles. The summed E-state index contributed by atoms with van der Waals surface area (Å²) in [4.78, 5) is 12.1. The van der Waals surface area contributed by atoms with Crippen molar-refractivity contribution in [2.75, 3.05) is 6.54 Å². The van der Waals surface area contributed by atoms with E-state index in [4.69, 9.17) is 5.73 Å². The second kappa shape index (κ2) is 5.53. The normalized spacial score (nSPS) is 17.0. The molecule has 0 heterocycles. The molecule has 2 rings (SSSR count). The molecule has 3 heteroatoms. The maximum atomic E-state index is 12.1. The first-order valence-corrected chi connectivity index (χ1v) is 6.76. The van der Waals surface area contributed by atoms with Crippen LogP contribution in [-0.2, 0) is 17.8 Å². The Morgan fingerprint density at radius 1 is 1.28 bits per heavy atom. The first kappa shape index (κ1) is 13.1. The van der Waals surface area contributed by atoms with Crippen molar-refractivity contribution in [3.05, 3.63) is 35.4 Å². The van der Waals surface area contributed by atoms with E-state index in [1.54, 1.807) is 0 Å². The average Bonchev–Trinajstić information content (AvgIpc) is 2.36. The minimum Gasteiger partial charge on any atom is -0.352 e. The van der Waals surface area contributed by atoms with Crippen molar-refractivity contribution in [1.29, 1.82) is 0 Å². The van der Waals surface area contributed by atoms with E-state index in [1.165, 1.54) is 5.56 Å². The summed E-state index contributed by atoms with van der Waals surface area (Å²) in [7, 11) is 0. The Labute approximate surface area is 109 Å². The van der Waals surface area contributed by atoms with E-state index in [-0.39, 0.29) is 11.3 Å². The molecule has 1 aliphatic carbocycles. The molecule has 0 unspecified atom stereocenters. The van der Waals surface area contributed by atoms with E-state index in [1.807, 2.05) is 0 Å². The summed E-state index contributed by atoms with van der Waals surface area (Å²) in [5.41, 5.74) is 7.91. The lowest BCUT2D eigenvalue weighted by Crippen LogP contribution is -2.50. The van der Waals surface area contributed by atoms with Crippen LogP contribution in [0, 0.1) is 5.41 Å². The van der Waals surface area contributed by atoms with E-state index in [9.17, 15) is 4.79 Å². The van der Waals surface area contributed by atoms with Crippen LogP contribution in [0.2, 0.25) is 0 Å². The highest BCUT2D eigenvalue weighted by Crippen LogP contribution is 2.39. The Morgan fingerprint density at radius 2 is 1.89 bits per heavy atom. The molecule has 0 radical (unpaired) electrons. The summed E-state index contributed by atoms with van der Waals surface area (Å²) in [5.74, 6) is 0.121. The maximum Gasteiger partial charge on any atom is 0.227 e. The second-order valence-electron chi connectivity index (χ2n) is 5.19. The van der Waals surface area contributed by atoms with Crippen molar-refractivity contribution in [2.45, 2.75) is 39.2 Å². The Balaban J connectivity index is 1.88. The highest BCUT2D eigenvalue weighted by molar-refractivity contribution is 5.83. The smallest absolute Gasteiger partial charge is 0.227 e. The van der Waals surface area contributed by atoms with Gasteiger partial charge in [0.2, 0.25) is 5.91 Å². The van der Waals surface area contributed by atoms with Crippen molar-refractivity contribution in [2.24, 2.45) is 11.1 Å². The van der Waals surface area contributed by atoms with Crippen molar-refractivity contribution in [3.8, 4) is 0 Å². The van der Waals surface area contributed by atoms with Gasteiger partial charge in [0.05, 0.1) is 5.41 Å². The third-order valence-corrected chi connectivity index (χ3v) is 4.07. The van der Waals surface area contributed by atoms with Gasteiger partial charge in [0, 0.05) is 13.1 Å². The predicted octanol–water partition coefficient (Wildman–Crippen LogP) is 1.99. The monoisotopic (exact) mass is 246 g/mol. The second-order valence-corrected chi connectivity index (χ2v) is 5.19.